The molecule has 4 heteroatoms. The van der Waals surface area contributed by atoms with Gasteiger partial charge in [-0.2, -0.15) is 0 Å². The minimum absolute atomic E-state index is 0.00787. The van der Waals surface area contributed by atoms with Crippen LogP contribution in [0.3, 0.4) is 0 Å². The van der Waals surface area contributed by atoms with Crippen LogP contribution in [0.1, 0.15) is 46.0 Å². The Morgan fingerprint density at radius 2 is 2.18 bits per heavy atom. The van der Waals surface area contributed by atoms with E-state index in [2.05, 4.69) is 24.1 Å². The monoisotopic (exact) mass is 240 g/mol. The van der Waals surface area contributed by atoms with Gasteiger partial charge < -0.3 is 10.1 Å². The lowest BCUT2D eigenvalue weighted by Gasteiger charge is -2.25. The molecule has 1 N–H and O–H groups in total. The van der Waals surface area contributed by atoms with E-state index < -0.39 is 0 Å². The summed E-state index contributed by atoms with van der Waals surface area (Å²) in [6.07, 6.45) is 4.82. The van der Waals surface area contributed by atoms with E-state index in [0.29, 0.717) is 18.9 Å². The lowest BCUT2D eigenvalue weighted by Crippen LogP contribution is -2.39. The molecule has 0 spiro atoms. The van der Waals surface area contributed by atoms with Crippen LogP contribution in [-0.4, -0.2) is 42.3 Å². The minimum atomic E-state index is 0.00787. The van der Waals surface area contributed by atoms with Crippen LogP contribution >= 0.6 is 0 Å². The highest BCUT2D eigenvalue weighted by atomic mass is 16.1. The second-order valence-electron chi connectivity index (χ2n) is 4.72. The molecule has 1 aliphatic heterocycles. The first-order valence-electron chi connectivity index (χ1n) is 6.68. The molecule has 1 atom stereocenters. The topological polar surface area (TPSA) is 49.4 Å². The molecule has 1 aliphatic rings. The SMILES string of the molecule is CCC(CC)N1CCC(NC(=O)CCC=O)C1. The fourth-order valence-electron chi connectivity index (χ4n) is 2.53. The van der Waals surface area contributed by atoms with Crippen LogP contribution in [0.2, 0.25) is 0 Å². The highest BCUT2D eigenvalue weighted by molar-refractivity contribution is 5.78. The average Bonchev–Trinajstić information content (AvgIpc) is 2.76. The maximum atomic E-state index is 11.5. The van der Waals surface area contributed by atoms with Crippen molar-refractivity contribution in [2.45, 2.75) is 58.0 Å². The normalized spacial score (nSPS) is 20.8. The Balaban J connectivity index is 2.30. The van der Waals surface area contributed by atoms with Gasteiger partial charge in [0.2, 0.25) is 5.91 Å². The van der Waals surface area contributed by atoms with Crippen LogP contribution in [0.5, 0.6) is 0 Å². The number of nitrogens with one attached hydrogen (secondary N) is 1. The summed E-state index contributed by atoms with van der Waals surface area (Å²) in [5.74, 6) is 0.00787. The standard InChI is InChI=1S/C13H24N2O2/c1-3-12(4-2)15-8-7-11(10-15)14-13(17)6-5-9-16/h9,11-12H,3-8,10H2,1-2H3,(H,14,17). The number of rotatable bonds is 7. The maximum Gasteiger partial charge on any atom is 0.220 e. The van der Waals surface area contributed by atoms with Crippen molar-refractivity contribution in [3.63, 3.8) is 0 Å². The molecule has 1 fully saturated rings. The molecule has 0 radical (unpaired) electrons. The molecule has 0 saturated carbocycles. The Labute approximate surface area is 104 Å². The Kier molecular flexibility index (Phi) is 6.19. The molecule has 1 rings (SSSR count). The third kappa shape index (κ3) is 4.46. The van der Waals surface area contributed by atoms with Gasteiger partial charge in [0, 0.05) is 38.0 Å². The van der Waals surface area contributed by atoms with E-state index in [1.807, 2.05) is 0 Å². The molecular weight excluding hydrogens is 216 g/mol. The van der Waals surface area contributed by atoms with Crippen LogP contribution in [0, 0.1) is 0 Å². The highest BCUT2D eigenvalue weighted by Gasteiger charge is 2.27. The van der Waals surface area contributed by atoms with E-state index in [1.54, 1.807) is 0 Å². The molecule has 0 aromatic carbocycles. The molecule has 0 aliphatic carbocycles. The summed E-state index contributed by atoms with van der Waals surface area (Å²) < 4.78 is 0. The van der Waals surface area contributed by atoms with E-state index >= 15 is 0 Å². The Morgan fingerprint density at radius 1 is 1.47 bits per heavy atom. The van der Waals surface area contributed by atoms with Gasteiger partial charge in [-0.25, -0.2) is 0 Å². The van der Waals surface area contributed by atoms with Crippen LogP contribution in [0.4, 0.5) is 0 Å². The van der Waals surface area contributed by atoms with Crippen molar-refractivity contribution in [2.24, 2.45) is 0 Å². The zero-order valence-corrected chi connectivity index (χ0v) is 10.9. The first-order chi connectivity index (χ1) is 8.21. The van der Waals surface area contributed by atoms with Gasteiger partial charge in [-0.1, -0.05) is 13.8 Å². The summed E-state index contributed by atoms with van der Waals surface area (Å²) in [5.41, 5.74) is 0. The molecule has 0 aromatic rings. The number of amides is 1. The number of carbonyl (C=O) groups excluding carboxylic acids is 2. The van der Waals surface area contributed by atoms with Crippen molar-refractivity contribution in [2.75, 3.05) is 13.1 Å². The second-order valence-corrected chi connectivity index (χ2v) is 4.72. The van der Waals surface area contributed by atoms with Gasteiger partial charge in [-0.05, 0) is 19.3 Å². The molecule has 1 unspecified atom stereocenters. The fourth-order valence-corrected chi connectivity index (χ4v) is 2.53. The maximum absolute atomic E-state index is 11.5. The van der Waals surface area contributed by atoms with Crippen molar-refractivity contribution in [1.29, 1.82) is 0 Å². The first kappa shape index (κ1) is 14.2. The van der Waals surface area contributed by atoms with E-state index in [-0.39, 0.29) is 11.9 Å². The smallest absolute Gasteiger partial charge is 0.220 e. The van der Waals surface area contributed by atoms with Gasteiger partial charge in [0.25, 0.3) is 0 Å². The number of likely N-dealkylation sites (tertiary alicyclic amines) is 1. The predicted molar refractivity (Wildman–Crippen MR) is 67.8 cm³/mol. The molecule has 0 bridgehead atoms. The summed E-state index contributed by atoms with van der Waals surface area (Å²) in [5, 5.41) is 3.01. The van der Waals surface area contributed by atoms with Crippen LogP contribution in [0.15, 0.2) is 0 Å². The number of hydrogen-bond acceptors (Lipinski definition) is 3. The van der Waals surface area contributed by atoms with Crippen molar-refractivity contribution in [3.05, 3.63) is 0 Å². The molecule has 0 aromatic heterocycles. The van der Waals surface area contributed by atoms with Gasteiger partial charge in [0.15, 0.2) is 0 Å². The lowest BCUT2D eigenvalue weighted by atomic mass is 10.1. The summed E-state index contributed by atoms with van der Waals surface area (Å²) in [6, 6.07) is 0.918. The van der Waals surface area contributed by atoms with E-state index in [0.717, 1.165) is 25.8 Å². The van der Waals surface area contributed by atoms with Crippen LogP contribution < -0.4 is 5.32 Å². The number of aldehydes is 1. The largest absolute Gasteiger partial charge is 0.352 e. The second kappa shape index (κ2) is 7.43. The number of nitrogens with zero attached hydrogens (tertiary/aromatic N) is 1. The zero-order chi connectivity index (χ0) is 12.7. The lowest BCUT2D eigenvalue weighted by molar-refractivity contribution is -0.123. The molecular formula is C13H24N2O2. The quantitative estimate of drug-likeness (QED) is 0.683. The van der Waals surface area contributed by atoms with Gasteiger partial charge in [0.05, 0.1) is 0 Å². The molecule has 1 saturated heterocycles. The molecule has 98 valence electrons. The number of hydrogen-bond donors (Lipinski definition) is 1. The summed E-state index contributed by atoms with van der Waals surface area (Å²) in [7, 11) is 0. The highest BCUT2D eigenvalue weighted by Crippen LogP contribution is 2.17. The first-order valence-corrected chi connectivity index (χ1v) is 6.68. The molecule has 1 heterocycles. The van der Waals surface area contributed by atoms with Crippen LogP contribution in [0.25, 0.3) is 0 Å². The summed E-state index contributed by atoms with van der Waals surface area (Å²) in [4.78, 5) is 24.1. The third-order valence-electron chi connectivity index (χ3n) is 3.53. The van der Waals surface area contributed by atoms with E-state index in [4.69, 9.17) is 0 Å². The molecule has 1 amide bonds. The third-order valence-corrected chi connectivity index (χ3v) is 3.53. The Bertz CT molecular complexity index is 252. The van der Waals surface area contributed by atoms with E-state index in [1.165, 1.54) is 12.8 Å². The zero-order valence-electron chi connectivity index (χ0n) is 10.9. The summed E-state index contributed by atoms with van der Waals surface area (Å²) >= 11 is 0. The predicted octanol–water partition coefficient (Wildman–Crippen LogP) is 1.34. The fraction of sp³-hybridized carbons (Fsp3) is 0.846. The average molecular weight is 240 g/mol. The minimum Gasteiger partial charge on any atom is -0.352 e. The van der Waals surface area contributed by atoms with Crippen molar-refractivity contribution in [3.8, 4) is 0 Å². The van der Waals surface area contributed by atoms with Crippen molar-refractivity contribution < 1.29 is 9.59 Å². The van der Waals surface area contributed by atoms with Gasteiger partial charge in [0.1, 0.15) is 6.29 Å². The van der Waals surface area contributed by atoms with Gasteiger partial charge in [-0.15, -0.1) is 0 Å². The van der Waals surface area contributed by atoms with Crippen molar-refractivity contribution in [1.82, 2.24) is 10.2 Å². The summed E-state index contributed by atoms with van der Waals surface area (Å²) in [6.45, 7) is 6.46. The Morgan fingerprint density at radius 3 is 2.76 bits per heavy atom. The molecule has 4 nitrogen and oxygen atoms in total. The van der Waals surface area contributed by atoms with Gasteiger partial charge in [-0.3, -0.25) is 9.69 Å². The van der Waals surface area contributed by atoms with Crippen molar-refractivity contribution >= 4 is 12.2 Å². The van der Waals surface area contributed by atoms with Gasteiger partial charge >= 0.3 is 0 Å². The van der Waals surface area contributed by atoms with Crippen LogP contribution in [-0.2, 0) is 9.59 Å². The number of carbonyl (C=O) groups is 2. The molecule has 17 heavy (non-hydrogen) atoms. The Hall–Kier alpha value is -0.900. The van der Waals surface area contributed by atoms with E-state index in [9.17, 15) is 9.59 Å².